The number of rotatable bonds is 4. The predicted octanol–water partition coefficient (Wildman–Crippen LogP) is 4.02. The minimum Gasteiger partial charge on any atom is -0.381 e. The van der Waals surface area contributed by atoms with Crippen LogP contribution in [-0.2, 0) is 0 Å². The minimum absolute atomic E-state index is 0.589. The molecule has 1 aromatic heterocycles. The van der Waals surface area contributed by atoms with Gasteiger partial charge in [0, 0.05) is 20.1 Å². The van der Waals surface area contributed by atoms with Crippen LogP contribution in [0.3, 0.4) is 0 Å². The lowest BCUT2D eigenvalue weighted by atomic mass is 9.74. The first-order chi connectivity index (χ1) is 9.47. The standard InChI is InChI=1S/C17H29N3/c1-12(2)15-8-6-13(3)10-16(15)19-14-7-9-17(18-11-14)20(4)5/h7,9,11-13,15-16,19H,6,8,10H2,1-5H3. The summed E-state index contributed by atoms with van der Waals surface area (Å²) in [6, 6.07) is 4.82. The Hall–Kier alpha value is -1.25. The van der Waals surface area contributed by atoms with Gasteiger partial charge in [0.05, 0.1) is 11.9 Å². The molecular formula is C17H29N3. The van der Waals surface area contributed by atoms with Crippen molar-refractivity contribution in [1.82, 2.24) is 4.98 Å². The summed E-state index contributed by atoms with van der Waals surface area (Å²) in [6.45, 7) is 7.07. The van der Waals surface area contributed by atoms with Gasteiger partial charge in [-0.1, -0.05) is 27.2 Å². The van der Waals surface area contributed by atoms with E-state index in [4.69, 9.17) is 0 Å². The molecule has 1 saturated carbocycles. The largest absolute Gasteiger partial charge is 0.381 e. The van der Waals surface area contributed by atoms with Crippen molar-refractivity contribution in [3.63, 3.8) is 0 Å². The molecule has 0 radical (unpaired) electrons. The highest BCUT2D eigenvalue weighted by molar-refractivity contribution is 5.48. The molecule has 1 aromatic rings. The average molecular weight is 275 g/mol. The van der Waals surface area contributed by atoms with Gasteiger partial charge in [0.25, 0.3) is 0 Å². The van der Waals surface area contributed by atoms with Gasteiger partial charge in [-0.3, -0.25) is 0 Å². The molecule has 3 heteroatoms. The lowest BCUT2D eigenvalue weighted by Crippen LogP contribution is -2.37. The number of nitrogens with zero attached hydrogens (tertiary/aromatic N) is 2. The Balaban J connectivity index is 2.05. The first kappa shape index (κ1) is 15.1. The smallest absolute Gasteiger partial charge is 0.128 e. The van der Waals surface area contributed by atoms with Crippen molar-refractivity contribution >= 4 is 11.5 Å². The van der Waals surface area contributed by atoms with Crippen molar-refractivity contribution in [2.45, 2.75) is 46.1 Å². The number of nitrogens with one attached hydrogen (secondary N) is 1. The minimum atomic E-state index is 0.589. The van der Waals surface area contributed by atoms with Crippen LogP contribution >= 0.6 is 0 Å². The van der Waals surface area contributed by atoms with Crippen LogP contribution in [0.25, 0.3) is 0 Å². The second-order valence-corrected chi connectivity index (χ2v) is 6.88. The third-order valence-electron chi connectivity index (χ3n) is 4.58. The topological polar surface area (TPSA) is 28.2 Å². The Kier molecular flexibility index (Phi) is 4.90. The number of hydrogen-bond donors (Lipinski definition) is 1. The van der Waals surface area contributed by atoms with Crippen molar-refractivity contribution in [1.29, 1.82) is 0 Å². The van der Waals surface area contributed by atoms with E-state index in [1.165, 1.54) is 19.3 Å². The molecule has 1 aliphatic carbocycles. The van der Waals surface area contributed by atoms with E-state index in [1.54, 1.807) is 0 Å². The zero-order chi connectivity index (χ0) is 14.7. The maximum absolute atomic E-state index is 4.50. The molecule has 0 aliphatic heterocycles. The molecule has 3 unspecified atom stereocenters. The summed E-state index contributed by atoms with van der Waals surface area (Å²) in [5.74, 6) is 3.36. The van der Waals surface area contributed by atoms with Crippen molar-refractivity contribution in [2.24, 2.45) is 17.8 Å². The van der Waals surface area contributed by atoms with Crippen LogP contribution in [0.15, 0.2) is 18.3 Å². The third kappa shape index (κ3) is 3.65. The SMILES string of the molecule is CC1CCC(C(C)C)C(Nc2ccc(N(C)C)nc2)C1. The van der Waals surface area contributed by atoms with Crippen molar-refractivity contribution in [3.8, 4) is 0 Å². The molecular weight excluding hydrogens is 246 g/mol. The quantitative estimate of drug-likeness (QED) is 0.899. The van der Waals surface area contributed by atoms with E-state index in [0.717, 1.165) is 29.3 Å². The summed E-state index contributed by atoms with van der Waals surface area (Å²) < 4.78 is 0. The highest BCUT2D eigenvalue weighted by atomic mass is 15.1. The van der Waals surface area contributed by atoms with Crippen LogP contribution in [-0.4, -0.2) is 25.1 Å². The maximum atomic E-state index is 4.50. The number of anilines is 2. The van der Waals surface area contributed by atoms with E-state index in [-0.39, 0.29) is 0 Å². The molecule has 112 valence electrons. The Labute approximate surface area is 123 Å². The second-order valence-electron chi connectivity index (χ2n) is 6.88. The van der Waals surface area contributed by atoms with Crippen molar-refractivity contribution in [3.05, 3.63) is 18.3 Å². The molecule has 1 fully saturated rings. The molecule has 2 rings (SSSR count). The third-order valence-corrected chi connectivity index (χ3v) is 4.58. The molecule has 0 bridgehead atoms. The first-order valence-electron chi connectivity index (χ1n) is 7.87. The van der Waals surface area contributed by atoms with E-state index < -0.39 is 0 Å². The zero-order valence-electron chi connectivity index (χ0n) is 13.6. The van der Waals surface area contributed by atoms with Gasteiger partial charge in [-0.2, -0.15) is 0 Å². The Morgan fingerprint density at radius 2 is 2.00 bits per heavy atom. The van der Waals surface area contributed by atoms with Gasteiger partial charge in [0.2, 0.25) is 0 Å². The normalized spacial score (nSPS) is 26.6. The van der Waals surface area contributed by atoms with Crippen LogP contribution in [0.2, 0.25) is 0 Å². The fraction of sp³-hybridized carbons (Fsp3) is 0.706. The maximum Gasteiger partial charge on any atom is 0.128 e. The molecule has 0 aromatic carbocycles. The summed E-state index contributed by atoms with van der Waals surface area (Å²) in [7, 11) is 4.04. The van der Waals surface area contributed by atoms with Crippen LogP contribution in [0.1, 0.15) is 40.0 Å². The lowest BCUT2D eigenvalue weighted by Gasteiger charge is -2.38. The highest BCUT2D eigenvalue weighted by Gasteiger charge is 2.30. The monoisotopic (exact) mass is 275 g/mol. The molecule has 0 amide bonds. The summed E-state index contributed by atoms with van der Waals surface area (Å²) in [4.78, 5) is 6.53. The molecule has 3 nitrogen and oxygen atoms in total. The molecule has 20 heavy (non-hydrogen) atoms. The molecule has 0 saturated heterocycles. The van der Waals surface area contributed by atoms with Gasteiger partial charge in [-0.25, -0.2) is 4.98 Å². The van der Waals surface area contributed by atoms with E-state index in [9.17, 15) is 0 Å². The highest BCUT2D eigenvalue weighted by Crippen LogP contribution is 2.35. The van der Waals surface area contributed by atoms with Gasteiger partial charge >= 0.3 is 0 Å². The van der Waals surface area contributed by atoms with Crippen LogP contribution in [0.4, 0.5) is 11.5 Å². The average Bonchev–Trinajstić information content (AvgIpc) is 2.39. The number of hydrogen-bond acceptors (Lipinski definition) is 3. The van der Waals surface area contributed by atoms with Crippen molar-refractivity contribution in [2.75, 3.05) is 24.3 Å². The van der Waals surface area contributed by atoms with Gasteiger partial charge in [-0.15, -0.1) is 0 Å². The van der Waals surface area contributed by atoms with Gasteiger partial charge in [0.15, 0.2) is 0 Å². The Morgan fingerprint density at radius 1 is 1.25 bits per heavy atom. The Bertz CT molecular complexity index is 411. The Morgan fingerprint density at radius 3 is 2.55 bits per heavy atom. The fourth-order valence-corrected chi connectivity index (χ4v) is 3.32. The van der Waals surface area contributed by atoms with Crippen LogP contribution in [0.5, 0.6) is 0 Å². The van der Waals surface area contributed by atoms with Gasteiger partial charge < -0.3 is 10.2 Å². The molecule has 1 aliphatic rings. The number of pyridine rings is 1. The fourth-order valence-electron chi connectivity index (χ4n) is 3.32. The summed E-state index contributed by atoms with van der Waals surface area (Å²) in [5, 5.41) is 3.73. The lowest BCUT2D eigenvalue weighted by molar-refractivity contribution is 0.212. The zero-order valence-corrected chi connectivity index (χ0v) is 13.6. The van der Waals surface area contributed by atoms with Gasteiger partial charge in [0.1, 0.15) is 5.82 Å². The van der Waals surface area contributed by atoms with Gasteiger partial charge in [-0.05, 0) is 42.7 Å². The van der Waals surface area contributed by atoms with Crippen LogP contribution in [0, 0.1) is 17.8 Å². The van der Waals surface area contributed by atoms with E-state index in [0.29, 0.717) is 6.04 Å². The first-order valence-corrected chi connectivity index (χ1v) is 7.87. The molecule has 1 heterocycles. The molecule has 3 atom stereocenters. The molecule has 1 N–H and O–H groups in total. The summed E-state index contributed by atoms with van der Waals surface area (Å²) in [6.07, 6.45) is 5.96. The predicted molar refractivity (Wildman–Crippen MR) is 87.3 cm³/mol. The van der Waals surface area contributed by atoms with E-state index >= 15 is 0 Å². The summed E-state index contributed by atoms with van der Waals surface area (Å²) >= 11 is 0. The number of aromatic nitrogens is 1. The van der Waals surface area contributed by atoms with E-state index in [1.807, 2.05) is 25.2 Å². The second kappa shape index (κ2) is 6.47. The van der Waals surface area contributed by atoms with E-state index in [2.05, 4.69) is 43.2 Å². The van der Waals surface area contributed by atoms with Crippen LogP contribution < -0.4 is 10.2 Å². The van der Waals surface area contributed by atoms with Crippen molar-refractivity contribution < 1.29 is 0 Å². The summed E-state index contributed by atoms with van der Waals surface area (Å²) in [5.41, 5.74) is 1.15. The molecule has 0 spiro atoms.